The van der Waals surface area contributed by atoms with Gasteiger partial charge in [0.25, 0.3) is 0 Å². The van der Waals surface area contributed by atoms with E-state index in [2.05, 4.69) is 5.32 Å². The van der Waals surface area contributed by atoms with Gasteiger partial charge in [0.05, 0.1) is 19.1 Å². The van der Waals surface area contributed by atoms with E-state index in [1.165, 1.54) is 7.11 Å². The fourth-order valence-electron chi connectivity index (χ4n) is 2.07. The summed E-state index contributed by atoms with van der Waals surface area (Å²) in [5, 5.41) is 3.06. The second-order valence-electron chi connectivity index (χ2n) is 5.02. The molecule has 1 rings (SSSR count). The number of benzene rings is 1. The van der Waals surface area contributed by atoms with Crippen LogP contribution in [0.3, 0.4) is 0 Å². The van der Waals surface area contributed by atoms with E-state index >= 15 is 0 Å². The molecular formula is C15H22N2O3. The van der Waals surface area contributed by atoms with Crippen molar-refractivity contribution in [2.45, 2.75) is 25.8 Å². The Morgan fingerprint density at radius 2 is 1.85 bits per heavy atom. The highest BCUT2D eigenvalue weighted by Gasteiger charge is 2.25. The molecule has 5 heteroatoms. The summed E-state index contributed by atoms with van der Waals surface area (Å²) >= 11 is 0. The Kier molecular flexibility index (Phi) is 6.18. The number of rotatable bonds is 7. The lowest BCUT2D eigenvalue weighted by atomic mass is 9.97. The van der Waals surface area contributed by atoms with E-state index in [0.717, 1.165) is 5.56 Å². The number of methoxy groups -OCH3 is 1. The highest BCUT2D eigenvalue weighted by atomic mass is 16.5. The van der Waals surface area contributed by atoms with Gasteiger partial charge in [0, 0.05) is 6.54 Å². The number of ether oxygens (including phenoxy) is 1. The average Bonchev–Trinajstić information content (AvgIpc) is 2.43. The molecule has 2 unspecified atom stereocenters. The molecule has 20 heavy (non-hydrogen) atoms. The van der Waals surface area contributed by atoms with E-state index in [1.54, 1.807) is 0 Å². The van der Waals surface area contributed by atoms with E-state index in [9.17, 15) is 9.59 Å². The van der Waals surface area contributed by atoms with Gasteiger partial charge in [-0.15, -0.1) is 0 Å². The Bertz CT molecular complexity index is 446. The Morgan fingerprint density at radius 1 is 1.25 bits per heavy atom. The van der Waals surface area contributed by atoms with Crippen LogP contribution in [-0.4, -0.2) is 31.6 Å². The zero-order chi connectivity index (χ0) is 15.1. The molecule has 0 aliphatic carbocycles. The molecule has 110 valence electrons. The van der Waals surface area contributed by atoms with Crippen LogP contribution in [0.25, 0.3) is 0 Å². The Morgan fingerprint density at radius 3 is 2.30 bits per heavy atom. The predicted octanol–water partition coefficient (Wildman–Crippen LogP) is 1.04. The van der Waals surface area contributed by atoms with Crippen molar-refractivity contribution >= 4 is 11.9 Å². The molecule has 1 amide bonds. The Balaban J connectivity index is 2.81. The largest absolute Gasteiger partial charge is 0.469 e. The minimum Gasteiger partial charge on any atom is -0.469 e. The van der Waals surface area contributed by atoms with Gasteiger partial charge in [0.1, 0.15) is 0 Å². The number of hydrogen-bond donors (Lipinski definition) is 2. The molecule has 0 saturated carbocycles. The number of carbonyl (C=O) groups excluding carboxylic acids is 2. The highest BCUT2D eigenvalue weighted by Crippen LogP contribution is 2.17. The van der Waals surface area contributed by atoms with Crippen LogP contribution in [0.1, 0.15) is 25.3 Å². The van der Waals surface area contributed by atoms with Gasteiger partial charge < -0.3 is 15.8 Å². The first-order chi connectivity index (χ1) is 9.47. The lowest BCUT2D eigenvalue weighted by Gasteiger charge is -2.22. The third-order valence-electron chi connectivity index (χ3n) is 3.20. The quantitative estimate of drug-likeness (QED) is 0.730. The molecule has 0 saturated heterocycles. The summed E-state index contributed by atoms with van der Waals surface area (Å²) in [6.07, 6.45) is 0. The van der Waals surface area contributed by atoms with Crippen molar-refractivity contribution in [3.05, 3.63) is 35.9 Å². The van der Waals surface area contributed by atoms with Crippen LogP contribution >= 0.6 is 0 Å². The van der Waals surface area contributed by atoms with E-state index in [0.29, 0.717) is 6.54 Å². The van der Waals surface area contributed by atoms with Gasteiger partial charge in [-0.05, 0) is 11.5 Å². The molecule has 5 nitrogen and oxygen atoms in total. The summed E-state index contributed by atoms with van der Waals surface area (Å²) in [7, 11) is 1.35. The summed E-state index contributed by atoms with van der Waals surface area (Å²) in [4.78, 5) is 23.3. The molecule has 1 aromatic carbocycles. The predicted molar refractivity (Wildman–Crippen MR) is 77.0 cm³/mol. The van der Waals surface area contributed by atoms with Crippen molar-refractivity contribution in [3.8, 4) is 0 Å². The molecule has 0 bridgehead atoms. The summed E-state index contributed by atoms with van der Waals surface area (Å²) < 4.78 is 4.82. The minimum atomic E-state index is -0.467. The van der Waals surface area contributed by atoms with Crippen molar-refractivity contribution in [2.24, 2.45) is 11.7 Å². The number of hydrogen-bond acceptors (Lipinski definition) is 4. The number of nitrogens with one attached hydrogen (secondary N) is 1. The van der Waals surface area contributed by atoms with Crippen molar-refractivity contribution in [1.29, 1.82) is 0 Å². The standard InChI is InChI=1S/C15H22N2O3/c1-10(2)13(14(16)18)17-9-12(15(19)20-3)11-7-5-4-6-8-11/h4-8,10,12-13,17H,9H2,1-3H3,(H2,16,18). The van der Waals surface area contributed by atoms with Gasteiger partial charge in [-0.3, -0.25) is 9.59 Å². The zero-order valence-electron chi connectivity index (χ0n) is 12.1. The van der Waals surface area contributed by atoms with E-state index in [1.807, 2.05) is 44.2 Å². The Labute approximate surface area is 119 Å². The molecule has 0 spiro atoms. The molecule has 0 fully saturated rings. The van der Waals surface area contributed by atoms with Gasteiger partial charge in [-0.1, -0.05) is 44.2 Å². The fourth-order valence-corrected chi connectivity index (χ4v) is 2.07. The topological polar surface area (TPSA) is 81.4 Å². The van der Waals surface area contributed by atoms with Crippen molar-refractivity contribution < 1.29 is 14.3 Å². The van der Waals surface area contributed by atoms with Crippen molar-refractivity contribution in [3.63, 3.8) is 0 Å². The normalized spacial score (nSPS) is 13.8. The Hall–Kier alpha value is -1.88. The number of esters is 1. The van der Waals surface area contributed by atoms with E-state index in [-0.39, 0.29) is 11.9 Å². The average molecular weight is 278 g/mol. The summed E-state index contributed by atoms with van der Waals surface area (Å²) in [5.41, 5.74) is 6.20. The maximum atomic E-state index is 11.9. The second-order valence-corrected chi connectivity index (χ2v) is 5.02. The van der Waals surface area contributed by atoms with Gasteiger partial charge in [0.15, 0.2) is 0 Å². The molecule has 0 heterocycles. The van der Waals surface area contributed by atoms with Crippen molar-refractivity contribution in [2.75, 3.05) is 13.7 Å². The van der Waals surface area contributed by atoms with Crippen LogP contribution in [0.15, 0.2) is 30.3 Å². The lowest BCUT2D eigenvalue weighted by Crippen LogP contribution is -2.47. The third-order valence-corrected chi connectivity index (χ3v) is 3.20. The van der Waals surface area contributed by atoms with Gasteiger partial charge >= 0.3 is 5.97 Å². The summed E-state index contributed by atoms with van der Waals surface area (Å²) in [5.74, 6) is -1.16. The number of carbonyl (C=O) groups is 2. The van der Waals surface area contributed by atoms with Crippen LogP contribution < -0.4 is 11.1 Å². The SMILES string of the molecule is COC(=O)C(CNC(C(N)=O)C(C)C)c1ccccc1. The molecule has 3 N–H and O–H groups in total. The highest BCUT2D eigenvalue weighted by molar-refractivity contribution is 5.81. The van der Waals surface area contributed by atoms with Gasteiger partial charge in [-0.2, -0.15) is 0 Å². The lowest BCUT2D eigenvalue weighted by molar-refractivity contribution is -0.142. The smallest absolute Gasteiger partial charge is 0.314 e. The van der Waals surface area contributed by atoms with Crippen LogP contribution in [0.2, 0.25) is 0 Å². The number of nitrogens with two attached hydrogens (primary N) is 1. The van der Waals surface area contributed by atoms with E-state index in [4.69, 9.17) is 10.5 Å². The fraction of sp³-hybridized carbons (Fsp3) is 0.467. The molecule has 0 aliphatic rings. The molecule has 1 aromatic rings. The van der Waals surface area contributed by atoms with Crippen molar-refractivity contribution in [1.82, 2.24) is 5.32 Å². The monoisotopic (exact) mass is 278 g/mol. The molecule has 2 atom stereocenters. The first-order valence-electron chi connectivity index (χ1n) is 6.62. The van der Waals surface area contributed by atoms with Crippen LogP contribution in [0.4, 0.5) is 0 Å². The molecule has 0 radical (unpaired) electrons. The first kappa shape index (κ1) is 16.2. The van der Waals surface area contributed by atoms with Gasteiger partial charge in [0.2, 0.25) is 5.91 Å². The third kappa shape index (κ3) is 4.35. The molecular weight excluding hydrogens is 256 g/mol. The molecule has 0 aliphatic heterocycles. The van der Waals surface area contributed by atoms with E-state index < -0.39 is 17.9 Å². The first-order valence-corrected chi connectivity index (χ1v) is 6.62. The summed E-state index contributed by atoms with van der Waals surface area (Å²) in [6, 6.07) is 8.85. The van der Waals surface area contributed by atoms with Crippen LogP contribution in [0, 0.1) is 5.92 Å². The number of amides is 1. The maximum absolute atomic E-state index is 11.9. The van der Waals surface area contributed by atoms with Crippen LogP contribution in [0.5, 0.6) is 0 Å². The zero-order valence-corrected chi connectivity index (χ0v) is 12.1. The van der Waals surface area contributed by atoms with Crippen LogP contribution in [-0.2, 0) is 14.3 Å². The summed E-state index contributed by atoms with van der Waals surface area (Å²) in [6.45, 7) is 4.11. The maximum Gasteiger partial charge on any atom is 0.314 e. The number of primary amides is 1. The molecule has 0 aromatic heterocycles. The van der Waals surface area contributed by atoms with Gasteiger partial charge in [-0.25, -0.2) is 0 Å². The minimum absolute atomic E-state index is 0.0570. The second kappa shape index (κ2) is 7.65.